The maximum Gasteiger partial charge on any atom is 0.330 e. The first-order chi connectivity index (χ1) is 14.2. The summed E-state index contributed by atoms with van der Waals surface area (Å²) in [5.74, 6) is -0.526. The van der Waals surface area contributed by atoms with Gasteiger partial charge in [0.1, 0.15) is 6.61 Å². The van der Waals surface area contributed by atoms with E-state index >= 15 is 0 Å². The van der Waals surface area contributed by atoms with Crippen molar-refractivity contribution in [2.75, 3.05) is 26.4 Å². The van der Waals surface area contributed by atoms with Crippen LogP contribution in [0.3, 0.4) is 0 Å². The molecule has 0 amide bonds. The fourth-order valence-electron chi connectivity index (χ4n) is 2.71. The fourth-order valence-corrected chi connectivity index (χ4v) is 2.71. The van der Waals surface area contributed by atoms with Gasteiger partial charge < -0.3 is 20.1 Å². The third-order valence-electron chi connectivity index (χ3n) is 5.05. The van der Waals surface area contributed by atoms with Crippen LogP contribution in [0.15, 0.2) is 46.6 Å². The normalized spacial score (nSPS) is 13.4. The second-order valence-electron chi connectivity index (χ2n) is 8.57. The molecule has 0 spiro atoms. The largest absolute Gasteiger partial charge is 0.462 e. The highest BCUT2D eigenvalue weighted by molar-refractivity contribution is 5.82. The van der Waals surface area contributed by atoms with Gasteiger partial charge in [-0.05, 0) is 73.1 Å². The summed E-state index contributed by atoms with van der Waals surface area (Å²) in [5.41, 5.74) is 3.85. The first-order valence-corrected chi connectivity index (χ1v) is 10.8. The average molecular weight is 423 g/mol. The molecule has 5 heteroatoms. The van der Waals surface area contributed by atoms with Crippen LogP contribution in [0.2, 0.25) is 0 Å². The lowest BCUT2D eigenvalue weighted by Crippen LogP contribution is -2.39. The second kappa shape index (κ2) is 16.1. The van der Waals surface area contributed by atoms with Crippen LogP contribution in [0.5, 0.6) is 0 Å². The molecule has 3 N–H and O–H groups in total. The van der Waals surface area contributed by atoms with Gasteiger partial charge in [0, 0.05) is 6.08 Å². The van der Waals surface area contributed by atoms with Crippen molar-refractivity contribution in [3.8, 4) is 0 Å². The average Bonchev–Trinajstić information content (AvgIpc) is 2.69. The minimum absolute atomic E-state index is 0.223. The Morgan fingerprint density at radius 2 is 1.17 bits per heavy atom. The predicted octanol–water partition coefficient (Wildman–Crippen LogP) is 4.64. The molecule has 0 atom stereocenters. The molecule has 0 aliphatic rings. The summed E-state index contributed by atoms with van der Waals surface area (Å²) in [7, 11) is 0. The van der Waals surface area contributed by atoms with Crippen LogP contribution >= 0.6 is 0 Å². The van der Waals surface area contributed by atoms with Crippen molar-refractivity contribution in [2.24, 2.45) is 5.41 Å². The Bertz CT molecular complexity index is 609. The Hall–Kier alpha value is -1.69. The van der Waals surface area contributed by atoms with Crippen molar-refractivity contribution < 1.29 is 24.9 Å². The molecule has 0 saturated heterocycles. The highest BCUT2D eigenvalue weighted by Gasteiger charge is 2.29. The summed E-state index contributed by atoms with van der Waals surface area (Å²) in [6.07, 6.45) is 14.2. The first-order valence-electron chi connectivity index (χ1n) is 10.8. The van der Waals surface area contributed by atoms with Crippen molar-refractivity contribution in [1.29, 1.82) is 0 Å². The lowest BCUT2D eigenvalue weighted by Gasteiger charge is -2.26. The number of allylic oxidation sites excluding steroid dienone is 7. The van der Waals surface area contributed by atoms with E-state index in [1.165, 1.54) is 22.8 Å². The van der Waals surface area contributed by atoms with E-state index in [-0.39, 0.29) is 6.61 Å². The summed E-state index contributed by atoms with van der Waals surface area (Å²) >= 11 is 0. The van der Waals surface area contributed by atoms with Crippen LogP contribution in [-0.4, -0.2) is 47.7 Å². The molecule has 0 aliphatic carbocycles. The van der Waals surface area contributed by atoms with E-state index in [4.69, 9.17) is 4.74 Å². The third-order valence-corrected chi connectivity index (χ3v) is 5.05. The lowest BCUT2D eigenvalue weighted by atomic mass is 9.93. The van der Waals surface area contributed by atoms with E-state index in [2.05, 4.69) is 45.9 Å². The Balaban J connectivity index is 4.30. The molecule has 0 unspecified atom stereocenters. The van der Waals surface area contributed by atoms with E-state index in [0.29, 0.717) is 0 Å². The van der Waals surface area contributed by atoms with Crippen LogP contribution < -0.4 is 0 Å². The maximum absolute atomic E-state index is 11.9. The van der Waals surface area contributed by atoms with Crippen LogP contribution in [-0.2, 0) is 9.53 Å². The number of carbonyl (C=O) groups excluding carboxylic acids is 1. The molecule has 0 aromatic heterocycles. The molecule has 0 heterocycles. The van der Waals surface area contributed by atoms with Gasteiger partial charge >= 0.3 is 5.97 Å². The molecule has 0 rings (SSSR count). The van der Waals surface area contributed by atoms with Gasteiger partial charge in [0.05, 0.1) is 25.2 Å². The monoisotopic (exact) mass is 422 g/mol. The predicted molar refractivity (Wildman–Crippen MR) is 123 cm³/mol. The molecule has 30 heavy (non-hydrogen) atoms. The summed E-state index contributed by atoms with van der Waals surface area (Å²) in [6.45, 7) is 8.87. The minimum Gasteiger partial charge on any atom is -0.462 e. The molecule has 172 valence electrons. The standard InChI is InChI=1S/C25H42O5/c1-20(2)9-6-10-21(3)11-7-12-22(4)13-8-14-23(5)15-24(29)30-19-25(16-26,17-27)18-28/h9,11,13,15,26-28H,6-8,10,12,14,16-19H2,1-5H3/b21-11+,22-13+,23-15+. The molecule has 0 radical (unpaired) electrons. The van der Waals surface area contributed by atoms with E-state index in [1.807, 2.05) is 6.92 Å². The number of hydrogen-bond acceptors (Lipinski definition) is 5. The molecule has 0 aliphatic heterocycles. The van der Waals surface area contributed by atoms with Crippen LogP contribution in [0.4, 0.5) is 0 Å². The van der Waals surface area contributed by atoms with Gasteiger partial charge in [0.15, 0.2) is 0 Å². The van der Waals surface area contributed by atoms with Gasteiger partial charge in [-0.2, -0.15) is 0 Å². The van der Waals surface area contributed by atoms with Crippen LogP contribution in [0.1, 0.15) is 73.1 Å². The fraction of sp³-hybridized carbons (Fsp3) is 0.640. The highest BCUT2D eigenvalue weighted by Crippen LogP contribution is 2.16. The van der Waals surface area contributed by atoms with E-state index in [9.17, 15) is 20.1 Å². The number of carbonyl (C=O) groups is 1. The molecule has 0 aromatic carbocycles. The highest BCUT2D eigenvalue weighted by atomic mass is 16.5. The smallest absolute Gasteiger partial charge is 0.330 e. The van der Waals surface area contributed by atoms with Gasteiger partial charge in [-0.1, -0.05) is 40.5 Å². The number of ether oxygens (including phenoxy) is 1. The zero-order valence-electron chi connectivity index (χ0n) is 19.5. The molecule has 5 nitrogen and oxygen atoms in total. The van der Waals surface area contributed by atoms with Gasteiger partial charge in [0.25, 0.3) is 0 Å². The third kappa shape index (κ3) is 13.5. The van der Waals surface area contributed by atoms with Crippen molar-refractivity contribution in [1.82, 2.24) is 0 Å². The van der Waals surface area contributed by atoms with Gasteiger partial charge in [-0.25, -0.2) is 4.79 Å². The summed E-state index contributed by atoms with van der Waals surface area (Å²) in [6, 6.07) is 0. The molecule has 0 bridgehead atoms. The Kier molecular flexibility index (Phi) is 15.2. The van der Waals surface area contributed by atoms with E-state index in [0.717, 1.165) is 44.1 Å². The minimum atomic E-state index is -1.20. The topological polar surface area (TPSA) is 87.0 Å². The summed E-state index contributed by atoms with van der Waals surface area (Å²) < 4.78 is 5.07. The number of aliphatic hydroxyl groups is 3. The first kappa shape index (κ1) is 28.3. The van der Waals surface area contributed by atoms with Gasteiger partial charge in [-0.3, -0.25) is 0 Å². The maximum atomic E-state index is 11.9. The van der Waals surface area contributed by atoms with Crippen LogP contribution in [0.25, 0.3) is 0 Å². The quantitative estimate of drug-likeness (QED) is 0.203. The number of rotatable bonds is 15. The molecule has 0 saturated carbocycles. The Morgan fingerprint density at radius 3 is 1.60 bits per heavy atom. The number of aliphatic hydroxyl groups excluding tert-OH is 3. The summed E-state index contributed by atoms with van der Waals surface area (Å²) in [4.78, 5) is 11.9. The van der Waals surface area contributed by atoms with Gasteiger partial charge in [0.2, 0.25) is 0 Å². The molecule has 0 fully saturated rings. The Morgan fingerprint density at radius 1 is 0.733 bits per heavy atom. The van der Waals surface area contributed by atoms with Crippen molar-refractivity contribution >= 4 is 5.97 Å². The molecule has 0 aromatic rings. The van der Waals surface area contributed by atoms with Crippen molar-refractivity contribution in [3.05, 3.63) is 46.6 Å². The van der Waals surface area contributed by atoms with E-state index in [1.54, 1.807) is 0 Å². The Labute approximate surface area is 182 Å². The van der Waals surface area contributed by atoms with Crippen molar-refractivity contribution in [2.45, 2.75) is 73.1 Å². The zero-order chi connectivity index (χ0) is 23.0. The molecular weight excluding hydrogens is 380 g/mol. The SMILES string of the molecule is CC(C)=CCC/C(C)=C/CC/C(C)=C/CC/C(C)=C/C(=O)OCC(CO)(CO)CO. The number of hydrogen-bond donors (Lipinski definition) is 3. The summed E-state index contributed by atoms with van der Waals surface area (Å²) in [5, 5.41) is 27.8. The second-order valence-corrected chi connectivity index (χ2v) is 8.57. The van der Waals surface area contributed by atoms with E-state index < -0.39 is 31.2 Å². The van der Waals surface area contributed by atoms with Gasteiger partial charge in [-0.15, -0.1) is 0 Å². The van der Waals surface area contributed by atoms with Crippen molar-refractivity contribution in [3.63, 3.8) is 0 Å². The lowest BCUT2D eigenvalue weighted by molar-refractivity contribution is -0.145. The number of esters is 1. The zero-order valence-corrected chi connectivity index (χ0v) is 19.5. The van der Waals surface area contributed by atoms with Crippen LogP contribution in [0, 0.1) is 5.41 Å². The molecular formula is C25H42O5.